The van der Waals surface area contributed by atoms with Crippen molar-refractivity contribution in [1.82, 2.24) is 14.7 Å². The van der Waals surface area contributed by atoms with Gasteiger partial charge >= 0.3 is 0 Å². The van der Waals surface area contributed by atoms with Crippen LogP contribution in [-0.4, -0.2) is 32.1 Å². The number of nitrogens with two attached hydrogens (primary N) is 1. The molecule has 5 nitrogen and oxygen atoms in total. The highest BCUT2D eigenvalue weighted by molar-refractivity contribution is 8.01. The molecule has 3 N–H and O–H groups in total. The first-order chi connectivity index (χ1) is 9.02. The van der Waals surface area contributed by atoms with Crippen molar-refractivity contribution in [2.75, 3.05) is 0 Å². The monoisotopic (exact) mass is 300 g/mol. The van der Waals surface area contributed by atoms with Crippen LogP contribution >= 0.6 is 23.3 Å². The molecule has 2 rings (SSSR count). The first-order valence-electron chi connectivity index (χ1n) is 6.53. The van der Waals surface area contributed by atoms with E-state index >= 15 is 0 Å². The number of thioether (sulfide) groups is 1. The highest BCUT2D eigenvalue weighted by atomic mass is 32.2. The van der Waals surface area contributed by atoms with Gasteiger partial charge in [0.25, 0.3) is 0 Å². The Bertz CT molecular complexity index is 423. The Labute approximate surface area is 121 Å². The summed E-state index contributed by atoms with van der Waals surface area (Å²) >= 11 is 3.12. The third-order valence-corrected chi connectivity index (χ3v) is 5.37. The van der Waals surface area contributed by atoms with Crippen molar-refractivity contribution < 1.29 is 4.79 Å². The molecule has 1 aromatic heterocycles. The van der Waals surface area contributed by atoms with Crippen molar-refractivity contribution in [3.63, 3.8) is 0 Å². The molecule has 7 heteroatoms. The third kappa shape index (κ3) is 3.67. The SMILES string of the molecule is CC(C)NC1(C(N)=O)CCCC(Sc2ncns2)C1. The largest absolute Gasteiger partial charge is 0.368 e. The van der Waals surface area contributed by atoms with Crippen LogP contribution in [0.15, 0.2) is 10.7 Å². The van der Waals surface area contributed by atoms with E-state index in [2.05, 4.69) is 14.7 Å². The molecule has 1 fully saturated rings. The van der Waals surface area contributed by atoms with Gasteiger partial charge in [-0.1, -0.05) is 11.8 Å². The zero-order valence-corrected chi connectivity index (χ0v) is 12.9. The minimum Gasteiger partial charge on any atom is -0.368 e. The van der Waals surface area contributed by atoms with Crippen LogP contribution in [0, 0.1) is 0 Å². The van der Waals surface area contributed by atoms with E-state index < -0.39 is 5.54 Å². The number of primary amides is 1. The van der Waals surface area contributed by atoms with Crippen molar-refractivity contribution in [1.29, 1.82) is 0 Å². The molecule has 106 valence electrons. The molecule has 0 radical (unpaired) electrons. The summed E-state index contributed by atoms with van der Waals surface area (Å²) in [5.41, 5.74) is 5.09. The van der Waals surface area contributed by atoms with Crippen LogP contribution in [-0.2, 0) is 4.79 Å². The third-order valence-electron chi connectivity index (χ3n) is 3.35. The summed E-state index contributed by atoms with van der Waals surface area (Å²) in [5, 5.41) is 3.76. The Kier molecular flexibility index (Phi) is 4.81. The van der Waals surface area contributed by atoms with Gasteiger partial charge in [-0.25, -0.2) is 4.98 Å². The molecule has 1 aromatic rings. The second-order valence-electron chi connectivity index (χ2n) is 5.29. The summed E-state index contributed by atoms with van der Waals surface area (Å²) in [4.78, 5) is 16.1. The second kappa shape index (κ2) is 6.19. The number of rotatable bonds is 5. The van der Waals surface area contributed by atoms with E-state index in [0.717, 1.165) is 30.0 Å². The molecule has 0 aliphatic heterocycles. The molecular formula is C12H20N4OS2. The molecule has 19 heavy (non-hydrogen) atoms. The normalized spacial score (nSPS) is 27.6. The zero-order valence-electron chi connectivity index (χ0n) is 11.3. The van der Waals surface area contributed by atoms with Crippen molar-refractivity contribution in [3.8, 4) is 0 Å². The Hall–Kier alpha value is -0.660. The van der Waals surface area contributed by atoms with Gasteiger partial charge in [0.05, 0.1) is 5.54 Å². The molecule has 0 bridgehead atoms. The molecule has 2 atom stereocenters. The predicted molar refractivity (Wildman–Crippen MR) is 78.2 cm³/mol. The molecule has 2 unspecified atom stereocenters. The highest BCUT2D eigenvalue weighted by Crippen LogP contribution is 2.38. The van der Waals surface area contributed by atoms with Crippen molar-refractivity contribution >= 4 is 29.2 Å². The maximum Gasteiger partial charge on any atom is 0.237 e. The first kappa shape index (κ1) is 14.7. The number of nitrogens with one attached hydrogen (secondary N) is 1. The van der Waals surface area contributed by atoms with Crippen LogP contribution in [0.5, 0.6) is 0 Å². The number of hydrogen-bond acceptors (Lipinski definition) is 6. The molecular weight excluding hydrogens is 280 g/mol. The Morgan fingerprint density at radius 2 is 2.47 bits per heavy atom. The number of hydrogen-bond donors (Lipinski definition) is 2. The van der Waals surface area contributed by atoms with Gasteiger partial charge in [0.1, 0.15) is 6.33 Å². The quantitative estimate of drug-likeness (QED) is 0.866. The predicted octanol–water partition coefficient (Wildman–Crippen LogP) is 1.79. The van der Waals surface area contributed by atoms with Crippen molar-refractivity contribution in [3.05, 3.63) is 6.33 Å². The number of carbonyl (C=O) groups is 1. The molecule has 1 aliphatic rings. The first-order valence-corrected chi connectivity index (χ1v) is 8.18. The summed E-state index contributed by atoms with van der Waals surface area (Å²) in [5.74, 6) is -0.233. The second-order valence-corrected chi connectivity index (χ2v) is 7.62. The van der Waals surface area contributed by atoms with Gasteiger partial charge in [0.2, 0.25) is 5.91 Å². The maximum absolute atomic E-state index is 11.9. The van der Waals surface area contributed by atoms with Crippen LogP contribution in [0.2, 0.25) is 0 Å². The smallest absolute Gasteiger partial charge is 0.237 e. The average Bonchev–Trinajstić information content (AvgIpc) is 2.81. The van der Waals surface area contributed by atoms with Crippen molar-refractivity contribution in [2.24, 2.45) is 5.73 Å². The summed E-state index contributed by atoms with van der Waals surface area (Å²) in [6.45, 7) is 4.10. The molecule has 0 spiro atoms. The number of carbonyl (C=O) groups excluding carboxylic acids is 1. The van der Waals surface area contributed by atoms with Crippen LogP contribution in [0.4, 0.5) is 0 Å². The summed E-state index contributed by atoms with van der Waals surface area (Å²) in [6.07, 6.45) is 5.28. The van der Waals surface area contributed by atoms with E-state index in [0.29, 0.717) is 5.25 Å². The zero-order chi connectivity index (χ0) is 13.9. The van der Waals surface area contributed by atoms with Crippen LogP contribution in [0.1, 0.15) is 39.5 Å². The highest BCUT2D eigenvalue weighted by Gasteiger charge is 2.42. The van der Waals surface area contributed by atoms with Gasteiger partial charge in [-0.3, -0.25) is 4.79 Å². The Morgan fingerprint density at radius 3 is 3.05 bits per heavy atom. The van der Waals surface area contributed by atoms with E-state index in [4.69, 9.17) is 5.73 Å². The van der Waals surface area contributed by atoms with Gasteiger partial charge in [-0.05, 0) is 51.1 Å². The molecule has 1 saturated carbocycles. The standard InChI is InChI=1S/C12H20N4OS2/c1-8(2)16-12(10(13)17)5-3-4-9(6-12)18-11-14-7-15-19-11/h7-9,16H,3-6H2,1-2H3,(H2,13,17). The van der Waals surface area contributed by atoms with E-state index in [9.17, 15) is 4.79 Å². The summed E-state index contributed by atoms with van der Waals surface area (Å²) in [6, 6.07) is 0.248. The summed E-state index contributed by atoms with van der Waals surface area (Å²) < 4.78 is 4.98. The minimum atomic E-state index is -0.561. The number of aromatic nitrogens is 2. The fourth-order valence-electron chi connectivity index (χ4n) is 2.66. The lowest BCUT2D eigenvalue weighted by atomic mass is 9.80. The molecule has 1 amide bonds. The van der Waals surface area contributed by atoms with Crippen molar-refractivity contribution in [2.45, 2.75) is 60.7 Å². The molecule has 0 aromatic carbocycles. The maximum atomic E-state index is 11.9. The fraction of sp³-hybridized carbons (Fsp3) is 0.750. The van der Waals surface area contributed by atoms with E-state index in [1.807, 2.05) is 13.8 Å². The van der Waals surface area contributed by atoms with Gasteiger partial charge in [-0.2, -0.15) is 4.37 Å². The van der Waals surface area contributed by atoms with Crippen LogP contribution in [0.3, 0.4) is 0 Å². The lowest BCUT2D eigenvalue weighted by molar-refractivity contribution is -0.126. The Balaban J connectivity index is 2.06. The van der Waals surface area contributed by atoms with Gasteiger partial charge in [0, 0.05) is 11.3 Å². The lowest BCUT2D eigenvalue weighted by Gasteiger charge is -2.40. The van der Waals surface area contributed by atoms with E-state index in [1.54, 1.807) is 18.1 Å². The van der Waals surface area contributed by atoms with Gasteiger partial charge < -0.3 is 11.1 Å². The van der Waals surface area contributed by atoms with Gasteiger partial charge in [0.15, 0.2) is 4.34 Å². The summed E-state index contributed by atoms with van der Waals surface area (Å²) in [7, 11) is 0. The number of nitrogens with zero attached hydrogens (tertiary/aromatic N) is 2. The van der Waals surface area contributed by atoms with Crippen LogP contribution in [0.25, 0.3) is 0 Å². The molecule has 1 heterocycles. The van der Waals surface area contributed by atoms with Crippen LogP contribution < -0.4 is 11.1 Å². The number of amides is 1. The van der Waals surface area contributed by atoms with E-state index in [1.165, 1.54) is 11.5 Å². The molecule has 0 saturated heterocycles. The average molecular weight is 300 g/mol. The molecule has 1 aliphatic carbocycles. The fourth-order valence-corrected chi connectivity index (χ4v) is 4.69. The van der Waals surface area contributed by atoms with E-state index in [-0.39, 0.29) is 11.9 Å². The topological polar surface area (TPSA) is 80.9 Å². The Morgan fingerprint density at radius 1 is 1.68 bits per heavy atom. The minimum absolute atomic E-state index is 0.233. The lowest BCUT2D eigenvalue weighted by Crippen LogP contribution is -2.60. The van der Waals surface area contributed by atoms with Gasteiger partial charge in [-0.15, -0.1) is 0 Å².